The van der Waals surface area contributed by atoms with Gasteiger partial charge in [-0.2, -0.15) is 0 Å². The summed E-state index contributed by atoms with van der Waals surface area (Å²) in [7, 11) is 0. The van der Waals surface area contributed by atoms with Crippen molar-refractivity contribution in [3.63, 3.8) is 0 Å². The molecule has 4 heterocycles. The van der Waals surface area contributed by atoms with Crippen LogP contribution in [-0.4, -0.2) is 18.9 Å². The Morgan fingerprint density at radius 2 is 1.08 bits per heavy atom. The molecule has 0 bridgehead atoms. The van der Waals surface area contributed by atoms with Crippen LogP contribution >= 0.6 is 0 Å². The topological polar surface area (TPSA) is 35.1 Å². The summed E-state index contributed by atoms with van der Waals surface area (Å²) in [6.45, 7) is 0. The largest absolute Gasteiger partial charge is 0.309 e. The van der Waals surface area contributed by atoms with Gasteiger partial charge in [-0.15, -0.1) is 0 Å². The number of aromatic nitrogens is 4. The Hall–Kier alpha value is -6.78. The minimum Gasteiger partial charge on any atom is -0.309 e. The van der Waals surface area contributed by atoms with Crippen molar-refractivity contribution < 1.29 is 0 Å². The fourth-order valence-corrected chi connectivity index (χ4v) is 8.55. The van der Waals surface area contributed by atoms with Gasteiger partial charge in [-0.25, -0.2) is 9.97 Å². The molecule has 0 unspecified atom stereocenters. The Morgan fingerprint density at radius 3 is 1.94 bits per heavy atom. The van der Waals surface area contributed by atoms with Crippen LogP contribution in [0.25, 0.3) is 110 Å². The minimum atomic E-state index is 0.902. The Labute approximate surface area is 285 Å². The summed E-state index contributed by atoms with van der Waals surface area (Å²) in [6.07, 6.45) is 0. The van der Waals surface area contributed by atoms with E-state index in [1.54, 1.807) is 0 Å². The van der Waals surface area contributed by atoms with E-state index in [-0.39, 0.29) is 0 Å². The third-order valence-electron chi connectivity index (χ3n) is 10.8. The maximum absolute atomic E-state index is 5.25. The third-order valence-corrected chi connectivity index (χ3v) is 10.8. The summed E-state index contributed by atoms with van der Waals surface area (Å²) >= 11 is 0. The van der Waals surface area contributed by atoms with Gasteiger partial charge in [0.2, 0.25) is 0 Å². The van der Waals surface area contributed by atoms with Crippen molar-refractivity contribution in [2.24, 2.45) is 0 Å². The molecule has 0 aliphatic carbocycles. The quantitative estimate of drug-likeness (QED) is 0.190. The molecule has 50 heavy (non-hydrogen) atoms. The Balaban J connectivity index is 1.22. The van der Waals surface area contributed by atoms with Crippen LogP contribution in [0.4, 0.5) is 0 Å². The van der Waals surface area contributed by atoms with E-state index in [4.69, 9.17) is 9.97 Å². The molecule has 0 fully saturated rings. The smallest absolute Gasteiger partial charge is 0.165 e. The first-order valence-corrected chi connectivity index (χ1v) is 17.1. The maximum atomic E-state index is 5.25. The average Bonchev–Trinajstić information content (AvgIpc) is 3.80. The second-order valence-electron chi connectivity index (χ2n) is 13.4. The van der Waals surface area contributed by atoms with Gasteiger partial charge in [-0.1, -0.05) is 91.0 Å². The average molecular weight is 635 g/mol. The summed E-state index contributed by atoms with van der Waals surface area (Å²) in [5, 5.41) is 11.1. The van der Waals surface area contributed by atoms with E-state index in [1.165, 1.54) is 70.8 Å². The molecule has 0 radical (unpaired) electrons. The van der Waals surface area contributed by atoms with Crippen LogP contribution in [0.1, 0.15) is 0 Å². The van der Waals surface area contributed by atoms with E-state index in [0.717, 1.165) is 38.8 Å². The molecule has 230 valence electrons. The molecule has 8 aromatic carbocycles. The van der Waals surface area contributed by atoms with Gasteiger partial charge in [-0.3, -0.25) is 4.40 Å². The number of nitrogens with zero attached hydrogens (tertiary/aromatic N) is 4. The SMILES string of the molecule is c1ccc(-n2c3ccc(-c4cc5c6cc7ccccc7cc6n6c7nc8ccccc8nc7c(c4)c56)cc3c3c4ccccc4ccc32)cc1. The zero-order chi connectivity index (χ0) is 32.5. The lowest BCUT2D eigenvalue weighted by molar-refractivity contribution is 1.18. The van der Waals surface area contributed by atoms with Crippen LogP contribution in [0.3, 0.4) is 0 Å². The van der Waals surface area contributed by atoms with Crippen molar-refractivity contribution in [3.8, 4) is 16.8 Å². The van der Waals surface area contributed by atoms with Gasteiger partial charge in [0.1, 0.15) is 5.52 Å². The van der Waals surface area contributed by atoms with Crippen molar-refractivity contribution in [3.05, 3.63) is 158 Å². The van der Waals surface area contributed by atoms with Crippen molar-refractivity contribution >= 4 is 92.7 Å². The van der Waals surface area contributed by atoms with Crippen LogP contribution in [0.15, 0.2) is 158 Å². The van der Waals surface area contributed by atoms with Crippen molar-refractivity contribution in [2.45, 2.75) is 0 Å². The Morgan fingerprint density at radius 1 is 0.400 bits per heavy atom. The minimum absolute atomic E-state index is 0.902. The van der Waals surface area contributed by atoms with Crippen LogP contribution in [0.2, 0.25) is 0 Å². The van der Waals surface area contributed by atoms with Crippen molar-refractivity contribution in [1.29, 1.82) is 0 Å². The summed E-state index contributed by atoms with van der Waals surface area (Å²) in [6, 6.07) is 57.1. The first kappa shape index (κ1) is 26.2. The fourth-order valence-electron chi connectivity index (χ4n) is 8.55. The van der Waals surface area contributed by atoms with E-state index in [9.17, 15) is 0 Å². The zero-order valence-corrected chi connectivity index (χ0v) is 26.8. The van der Waals surface area contributed by atoms with Gasteiger partial charge in [-0.05, 0) is 99.4 Å². The molecule has 0 saturated carbocycles. The summed E-state index contributed by atoms with van der Waals surface area (Å²) < 4.78 is 4.74. The number of benzene rings is 8. The van der Waals surface area contributed by atoms with Gasteiger partial charge in [0.05, 0.1) is 33.1 Å². The molecule has 0 aliphatic rings. The molecule has 0 aliphatic heterocycles. The van der Waals surface area contributed by atoms with E-state index >= 15 is 0 Å². The lowest BCUT2D eigenvalue weighted by Gasteiger charge is -2.09. The zero-order valence-electron chi connectivity index (χ0n) is 26.8. The van der Waals surface area contributed by atoms with E-state index in [1.807, 2.05) is 12.1 Å². The molecule has 4 aromatic heterocycles. The van der Waals surface area contributed by atoms with Gasteiger partial charge < -0.3 is 4.57 Å². The van der Waals surface area contributed by atoms with Crippen LogP contribution in [0, 0.1) is 0 Å². The molecule has 4 nitrogen and oxygen atoms in total. The maximum Gasteiger partial charge on any atom is 0.165 e. The summed E-state index contributed by atoms with van der Waals surface area (Å²) in [4.78, 5) is 10.5. The standard InChI is InChI=1S/C46H26N4/c1-2-13-32(14-3-1)49-40-20-19-30(23-36(40)43-33-15-7-6-10-27(33)18-21-41(43)49)31-24-35-34-22-28-11-4-5-12-29(28)26-42(34)50-45(35)37(25-31)44-46(50)48-39-17-9-8-16-38(39)47-44/h1-26H. The van der Waals surface area contributed by atoms with Gasteiger partial charge in [0, 0.05) is 32.6 Å². The van der Waals surface area contributed by atoms with E-state index in [0.29, 0.717) is 0 Å². The number of hydrogen-bond acceptors (Lipinski definition) is 2. The van der Waals surface area contributed by atoms with Crippen LogP contribution in [-0.2, 0) is 0 Å². The second-order valence-corrected chi connectivity index (χ2v) is 13.4. The summed E-state index contributed by atoms with van der Waals surface area (Å²) in [5.41, 5.74) is 11.9. The number of fused-ring (bicyclic) bond motifs is 13. The monoisotopic (exact) mass is 634 g/mol. The van der Waals surface area contributed by atoms with Crippen LogP contribution < -0.4 is 0 Å². The molecule has 12 aromatic rings. The molecule has 12 rings (SSSR count). The van der Waals surface area contributed by atoms with Gasteiger partial charge >= 0.3 is 0 Å². The predicted molar refractivity (Wildman–Crippen MR) is 209 cm³/mol. The Kier molecular flexibility index (Phi) is 4.94. The van der Waals surface area contributed by atoms with E-state index < -0.39 is 0 Å². The number of hydrogen-bond donors (Lipinski definition) is 0. The van der Waals surface area contributed by atoms with E-state index in [2.05, 4.69) is 155 Å². The molecule has 0 atom stereocenters. The highest BCUT2D eigenvalue weighted by Gasteiger charge is 2.22. The predicted octanol–water partition coefficient (Wildman–Crippen LogP) is 11.9. The highest BCUT2D eigenvalue weighted by molar-refractivity contribution is 6.26. The molecule has 0 saturated heterocycles. The molecule has 4 heteroatoms. The first-order chi connectivity index (χ1) is 24.8. The molecule has 0 amide bonds. The second kappa shape index (κ2) is 9.43. The van der Waals surface area contributed by atoms with Crippen molar-refractivity contribution in [2.75, 3.05) is 0 Å². The lowest BCUT2D eigenvalue weighted by atomic mass is 9.97. The normalized spacial score (nSPS) is 12.4. The fraction of sp³-hybridized carbons (Fsp3) is 0. The Bertz CT molecular complexity index is 3250. The van der Waals surface area contributed by atoms with Crippen LogP contribution in [0.5, 0.6) is 0 Å². The molecule has 0 spiro atoms. The van der Waals surface area contributed by atoms with Gasteiger partial charge in [0.15, 0.2) is 5.65 Å². The first-order valence-electron chi connectivity index (χ1n) is 17.1. The molecule has 0 N–H and O–H groups in total. The lowest BCUT2D eigenvalue weighted by Crippen LogP contribution is -1.93. The highest BCUT2D eigenvalue weighted by Crippen LogP contribution is 2.44. The highest BCUT2D eigenvalue weighted by atomic mass is 15.0. The molecular weight excluding hydrogens is 609 g/mol. The summed E-state index contributed by atoms with van der Waals surface area (Å²) in [5.74, 6) is 0. The van der Waals surface area contributed by atoms with Gasteiger partial charge in [0.25, 0.3) is 0 Å². The van der Waals surface area contributed by atoms with Crippen molar-refractivity contribution in [1.82, 2.24) is 18.9 Å². The number of rotatable bonds is 2. The molecular formula is C46H26N4. The third kappa shape index (κ3) is 3.39. The number of para-hydroxylation sites is 3.